The van der Waals surface area contributed by atoms with E-state index in [0.29, 0.717) is 11.1 Å². The summed E-state index contributed by atoms with van der Waals surface area (Å²) in [7, 11) is 0. The Morgan fingerprint density at radius 1 is 1.00 bits per heavy atom. The molecule has 148 valence electrons. The highest BCUT2D eigenvalue weighted by Gasteiger charge is 2.55. The second-order valence-electron chi connectivity index (χ2n) is 7.64. The fourth-order valence-corrected chi connectivity index (χ4v) is 3.42. The van der Waals surface area contributed by atoms with Gasteiger partial charge in [-0.1, -0.05) is 50.2 Å². The Morgan fingerprint density at radius 2 is 1.63 bits per heavy atom. The van der Waals surface area contributed by atoms with Crippen LogP contribution in [-0.2, 0) is 12.0 Å². The van der Waals surface area contributed by atoms with E-state index in [1.54, 1.807) is 45.0 Å². The van der Waals surface area contributed by atoms with Crippen LogP contribution in [0.25, 0.3) is 0 Å². The van der Waals surface area contributed by atoms with Crippen LogP contribution in [0.2, 0.25) is 0 Å². The summed E-state index contributed by atoms with van der Waals surface area (Å²) in [5, 5.41) is 13.2. The molecule has 1 atom stereocenters. The lowest BCUT2D eigenvalue weighted by Gasteiger charge is -2.38. The third kappa shape index (κ3) is 5.30. The molecule has 2 aromatic rings. The van der Waals surface area contributed by atoms with Crippen LogP contribution in [0, 0.1) is 12.7 Å². The lowest BCUT2D eigenvalue weighted by atomic mass is 9.73. The SMILES string of the molecule is Cc1ccc(F)cc1C(C)(C)CC(O)(CNCc1ccccc1)C(F)(F)F. The van der Waals surface area contributed by atoms with Crippen molar-refractivity contribution in [1.29, 1.82) is 0 Å². The van der Waals surface area contributed by atoms with Crippen LogP contribution in [0.3, 0.4) is 0 Å². The molecule has 0 aliphatic rings. The van der Waals surface area contributed by atoms with Crippen LogP contribution < -0.4 is 5.32 Å². The quantitative estimate of drug-likeness (QED) is 0.668. The van der Waals surface area contributed by atoms with Crippen LogP contribution in [0.1, 0.15) is 37.0 Å². The lowest BCUT2D eigenvalue weighted by Crippen LogP contribution is -2.55. The average molecular weight is 383 g/mol. The number of alkyl halides is 3. The molecule has 0 fully saturated rings. The Kier molecular flexibility index (Phi) is 6.32. The number of hydrogen-bond donors (Lipinski definition) is 2. The molecule has 0 spiro atoms. The number of hydrogen-bond acceptors (Lipinski definition) is 2. The van der Waals surface area contributed by atoms with Gasteiger partial charge in [-0.3, -0.25) is 0 Å². The van der Waals surface area contributed by atoms with Crippen molar-refractivity contribution in [3.8, 4) is 0 Å². The zero-order valence-electron chi connectivity index (χ0n) is 15.7. The number of benzene rings is 2. The fraction of sp³-hybridized carbons (Fsp3) is 0.429. The number of rotatable bonds is 7. The van der Waals surface area contributed by atoms with Crippen molar-refractivity contribution in [2.75, 3.05) is 6.54 Å². The topological polar surface area (TPSA) is 32.3 Å². The van der Waals surface area contributed by atoms with Crippen molar-refractivity contribution in [3.05, 3.63) is 71.0 Å². The molecule has 27 heavy (non-hydrogen) atoms. The summed E-state index contributed by atoms with van der Waals surface area (Å²) in [6.45, 7) is 4.45. The number of halogens is 4. The Balaban J connectivity index is 2.20. The smallest absolute Gasteiger partial charge is 0.379 e. The molecule has 0 radical (unpaired) electrons. The van der Waals surface area contributed by atoms with Crippen LogP contribution in [0.4, 0.5) is 17.6 Å². The minimum atomic E-state index is -4.82. The van der Waals surface area contributed by atoms with Gasteiger partial charge in [0.05, 0.1) is 0 Å². The molecule has 2 aromatic carbocycles. The third-order valence-electron chi connectivity index (χ3n) is 4.78. The van der Waals surface area contributed by atoms with Crippen molar-refractivity contribution >= 4 is 0 Å². The summed E-state index contributed by atoms with van der Waals surface area (Å²) in [5.74, 6) is -0.513. The fourth-order valence-electron chi connectivity index (χ4n) is 3.42. The van der Waals surface area contributed by atoms with Gasteiger partial charge in [-0.2, -0.15) is 13.2 Å². The monoisotopic (exact) mass is 383 g/mol. The Morgan fingerprint density at radius 3 is 2.22 bits per heavy atom. The summed E-state index contributed by atoms with van der Waals surface area (Å²) in [5.41, 5.74) is -2.06. The van der Waals surface area contributed by atoms with Gasteiger partial charge in [-0.15, -0.1) is 0 Å². The molecule has 2 nitrogen and oxygen atoms in total. The van der Waals surface area contributed by atoms with Gasteiger partial charge in [0.2, 0.25) is 0 Å². The maximum absolute atomic E-state index is 13.7. The average Bonchev–Trinajstić information content (AvgIpc) is 2.56. The maximum atomic E-state index is 13.7. The van der Waals surface area contributed by atoms with Gasteiger partial charge in [-0.05, 0) is 47.6 Å². The zero-order chi connectivity index (χ0) is 20.3. The first-order valence-electron chi connectivity index (χ1n) is 8.75. The first-order chi connectivity index (χ1) is 12.4. The number of nitrogens with one attached hydrogen (secondary N) is 1. The Bertz CT molecular complexity index is 759. The third-order valence-corrected chi connectivity index (χ3v) is 4.78. The van der Waals surface area contributed by atoms with E-state index in [0.717, 1.165) is 5.56 Å². The molecule has 6 heteroatoms. The summed E-state index contributed by atoms with van der Waals surface area (Å²) in [4.78, 5) is 0. The van der Waals surface area contributed by atoms with E-state index >= 15 is 0 Å². The van der Waals surface area contributed by atoms with Crippen molar-refractivity contribution in [2.24, 2.45) is 0 Å². The Labute approximate surface area is 157 Å². The van der Waals surface area contributed by atoms with Gasteiger partial charge in [-0.25, -0.2) is 4.39 Å². The lowest BCUT2D eigenvalue weighted by molar-refractivity contribution is -0.264. The molecule has 0 aliphatic carbocycles. The van der Waals surface area contributed by atoms with Crippen LogP contribution >= 0.6 is 0 Å². The Hall–Kier alpha value is -1.92. The number of aryl methyl sites for hydroxylation is 1. The van der Waals surface area contributed by atoms with E-state index in [1.165, 1.54) is 18.2 Å². The van der Waals surface area contributed by atoms with E-state index in [4.69, 9.17) is 0 Å². The normalized spacial score (nSPS) is 14.8. The molecule has 2 rings (SSSR count). The summed E-state index contributed by atoms with van der Waals surface area (Å²) >= 11 is 0. The van der Waals surface area contributed by atoms with Gasteiger partial charge < -0.3 is 10.4 Å². The summed E-state index contributed by atoms with van der Waals surface area (Å²) in [6.07, 6.45) is -5.41. The van der Waals surface area contributed by atoms with Gasteiger partial charge in [0.25, 0.3) is 0 Å². The van der Waals surface area contributed by atoms with E-state index in [9.17, 15) is 22.7 Å². The molecule has 2 N–H and O–H groups in total. The van der Waals surface area contributed by atoms with Crippen molar-refractivity contribution in [1.82, 2.24) is 5.32 Å². The summed E-state index contributed by atoms with van der Waals surface area (Å²) in [6, 6.07) is 13.0. The largest absolute Gasteiger partial charge is 0.418 e. The number of aliphatic hydroxyl groups is 1. The molecule has 0 bridgehead atoms. The molecule has 0 saturated heterocycles. The van der Waals surface area contributed by atoms with E-state index in [-0.39, 0.29) is 6.54 Å². The second kappa shape index (κ2) is 7.98. The molecular formula is C21H25F4NO. The molecule has 0 amide bonds. The molecule has 0 heterocycles. The molecule has 0 aromatic heterocycles. The highest BCUT2D eigenvalue weighted by molar-refractivity contribution is 5.33. The first-order valence-corrected chi connectivity index (χ1v) is 8.75. The van der Waals surface area contributed by atoms with Crippen molar-refractivity contribution < 1.29 is 22.7 Å². The second-order valence-corrected chi connectivity index (χ2v) is 7.64. The highest BCUT2D eigenvalue weighted by Crippen LogP contribution is 2.41. The van der Waals surface area contributed by atoms with Crippen LogP contribution in [-0.4, -0.2) is 23.4 Å². The van der Waals surface area contributed by atoms with Crippen molar-refractivity contribution in [3.63, 3.8) is 0 Å². The first kappa shape index (κ1) is 21.4. The minimum Gasteiger partial charge on any atom is -0.379 e. The standard InChI is InChI=1S/C21H25F4NO/c1-15-9-10-17(22)11-18(15)19(2,3)13-20(27,21(23,24)25)14-26-12-16-7-5-4-6-8-16/h4-11,26-27H,12-14H2,1-3H3. The van der Waals surface area contributed by atoms with E-state index in [1.807, 2.05) is 6.07 Å². The predicted molar refractivity (Wildman–Crippen MR) is 97.9 cm³/mol. The minimum absolute atomic E-state index is 0.207. The van der Waals surface area contributed by atoms with Crippen molar-refractivity contribution in [2.45, 2.75) is 50.9 Å². The molecular weight excluding hydrogens is 358 g/mol. The molecule has 0 aliphatic heterocycles. The van der Waals surface area contributed by atoms with Gasteiger partial charge in [0.15, 0.2) is 5.60 Å². The molecule has 0 saturated carbocycles. The van der Waals surface area contributed by atoms with Gasteiger partial charge >= 0.3 is 6.18 Å². The van der Waals surface area contributed by atoms with Gasteiger partial charge in [0.1, 0.15) is 5.82 Å². The van der Waals surface area contributed by atoms with Crippen LogP contribution in [0.5, 0.6) is 0 Å². The molecule has 1 unspecified atom stereocenters. The van der Waals surface area contributed by atoms with E-state index in [2.05, 4.69) is 5.32 Å². The highest BCUT2D eigenvalue weighted by atomic mass is 19.4. The van der Waals surface area contributed by atoms with Crippen LogP contribution in [0.15, 0.2) is 48.5 Å². The van der Waals surface area contributed by atoms with Gasteiger partial charge in [0, 0.05) is 13.1 Å². The zero-order valence-corrected chi connectivity index (χ0v) is 15.7. The predicted octanol–water partition coefficient (Wildman–Crippen LogP) is 4.89. The summed E-state index contributed by atoms with van der Waals surface area (Å²) < 4.78 is 54.7. The van der Waals surface area contributed by atoms with E-state index < -0.39 is 36.0 Å². The maximum Gasteiger partial charge on any atom is 0.418 e.